The van der Waals surface area contributed by atoms with Gasteiger partial charge in [0.15, 0.2) is 0 Å². The molecule has 1 rings (SSSR count). The van der Waals surface area contributed by atoms with Crippen molar-refractivity contribution in [1.29, 1.82) is 0 Å². The topological polar surface area (TPSA) is 81.1 Å². The van der Waals surface area contributed by atoms with Crippen LogP contribution in [0.2, 0.25) is 0 Å². The molecule has 1 saturated heterocycles. The van der Waals surface area contributed by atoms with Gasteiger partial charge in [-0.1, -0.05) is 26.7 Å². The SMILES string of the molecule is CCCC(CC)C(C(N)=O)C1CNCCC1CN. The van der Waals surface area contributed by atoms with Crippen LogP contribution in [0.5, 0.6) is 0 Å². The van der Waals surface area contributed by atoms with Crippen molar-refractivity contribution in [2.24, 2.45) is 35.1 Å². The second-order valence-electron chi connectivity index (χ2n) is 5.54. The molecule has 0 saturated carbocycles. The van der Waals surface area contributed by atoms with Crippen LogP contribution in [-0.2, 0) is 4.79 Å². The fraction of sp³-hybridized carbons (Fsp3) is 0.929. The van der Waals surface area contributed by atoms with Crippen molar-refractivity contribution in [3.63, 3.8) is 0 Å². The van der Waals surface area contributed by atoms with Crippen molar-refractivity contribution in [1.82, 2.24) is 5.32 Å². The number of hydrogen-bond donors (Lipinski definition) is 3. The smallest absolute Gasteiger partial charge is 0.221 e. The Morgan fingerprint density at radius 3 is 2.67 bits per heavy atom. The van der Waals surface area contributed by atoms with Gasteiger partial charge in [0.2, 0.25) is 5.91 Å². The van der Waals surface area contributed by atoms with Gasteiger partial charge in [-0.05, 0) is 50.2 Å². The van der Waals surface area contributed by atoms with Crippen LogP contribution < -0.4 is 16.8 Å². The number of carbonyl (C=O) groups excluding carboxylic acids is 1. The van der Waals surface area contributed by atoms with E-state index in [0.717, 1.165) is 38.8 Å². The minimum Gasteiger partial charge on any atom is -0.369 e. The van der Waals surface area contributed by atoms with Crippen LogP contribution in [0.1, 0.15) is 39.5 Å². The highest BCUT2D eigenvalue weighted by atomic mass is 16.1. The van der Waals surface area contributed by atoms with Crippen molar-refractivity contribution in [2.45, 2.75) is 39.5 Å². The van der Waals surface area contributed by atoms with Crippen molar-refractivity contribution < 1.29 is 4.79 Å². The number of nitrogens with one attached hydrogen (secondary N) is 1. The van der Waals surface area contributed by atoms with Crippen molar-refractivity contribution in [3.05, 3.63) is 0 Å². The van der Waals surface area contributed by atoms with Gasteiger partial charge in [-0.2, -0.15) is 0 Å². The largest absolute Gasteiger partial charge is 0.369 e. The van der Waals surface area contributed by atoms with E-state index in [1.54, 1.807) is 0 Å². The minimum absolute atomic E-state index is 0.0173. The molecule has 1 aliphatic heterocycles. The van der Waals surface area contributed by atoms with Gasteiger partial charge >= 0.3 is 0 Å². The van der Waals surface area contributed by atoms with Crippen molar-refractivity contribution in [2.75, 3.05) is 19.6 Å². The second kappa shape index (κ2) is 7.74. The lowest BCUT2D eigenvalue weighted by molar-refractivity contribution is -0.127. The van der Waals surface area contributed by atoms with Crippen LogP contribution in [0.3, 0.4) is 0 Å². The maximum Gasteiger partial charge on any atom is 0.221 e. The molecule has 5 N–H and O–H groups in total. The number of hydrogen-bond acceptors (Lipinski definition) is 3. The maximum absolute atomic E-state index is 11.9. The zero-order chi connectivity index (χ0) is 13.5. The van der Waals surface area contributed by atoms with Crippen molar-refractivity contribution >= 4 is 5.91 Å². The number of nitrogens with two attached hydrogens (primary N) is 2. The third kappa shape index (κ3) is 3.69. The summed E-state index contributed by atoms with van der Waals surface area (Å²) in [5, 5.41) is 3.39. The fourth-order valence-electron chi connectivity index (χ4n) is 3.45. The zero-order valence-corrected chi connectivity index (χ0v) is 11.8. The van der Waals surface area contributed by atoms with Gasteiger partial charge in [0.1, 0.15) is 0 Å². The standard InChI is InChI=1S/C14H29N3O/c1-3-5-10(4-2)13(14(16)18)12-9-17-7-6-11(12)8-15/h10-13,17H,3-9,15H2,1-2H3,(H2,16,18). The minimum atomic E-state index is -0.137. The number of primary amides is 1. The van der Waals surface area contributed by atoms with Gasteiger partial charge in [0.05, 0.1) is 0 Å². The number of rotatable bonds is 7. The summed E-state index contributed by atoms with van der Waals surface area (Å²) in [7, 11) is 0. The number of piperidine rings is 1. The molecule has 0 radical (unpaired) electrons. The van der Waals surface area contributed by atoms with Gasteiger partial charge in [-0.25, -0.2) is 0 Å². The molecule has 1 heterocycles. The van der Waals surface area contributed by atoms with Crippen LogP contribution in [0.4, 0.5) is 0 Å². The molecule has 0 aromatic heterocycles. The summed E-state index contributed by atoms with van der Waals surface area (Å²) in [6.07, 6.45) is 4.27. The average Bonchev–Trinajstić information content (AvgIpc) is 2.38. The Hall–Kier alpha value is -0.610. The van der Waals surface area contributed by atoms with E-state index in [2.05, 4.69) is 19.2 Å². The van der Waals surface area contributed by atoms with E-state index in [4.69, 9.17) is 11.5 Å². The Kier molecular flexibility index (Phi) is 6.65. The number of amides is 1. The third-order valence-electron chi connectivity index (χ3n) is 4.46. The maximum atomic E-state index is 11.9. The van der Waals surface area contributed by atoms with E-state index in [-0.39, 0.29) is 11.8 Å². The number of carbonyl (C=O) groups is 1. The van der Waals surface area contributed by atoms with Gasteiger partial charge < -0.3 is 16.8 Å². The molecule has 0 aromatic carbocycles. The molecule has 0 spiro atoms. The van der Waals surface area contributed by atoms with E-state index in [9.17, 15) is 4.79 Å². The highest BCUT2D eigenvalue weighted by Crippen LogP contribution is 2.34. The van der Waals surface area contributed by atoms with E-state index in [1.807, 2.05) is 0 Å². The second-order valence-corrected chi connectivity index (χ2v) is 5.54. The van der Waals surface area contributed by atoms with Crippen LogP contribution in [0, 0.1) is 23.7 Å². The molecular weight excluding hydrogens is 226 g/mol. The van der Waals surface area contributed by atoms with Gasteiger partial charge in [0, 0.05) is 5.92 Å². The Bertz CT molecular complexity index is 257. The summed E-state index contributed by atoms with van der Waals surface area (Å²) in [5.41, 5.74) is 11.6. The Morgan fingerprint density at radius 2 is 2.17 bits per heavy atom. The summed E-state index contributed by atoms with van der Waals surface area (Å²) in [5.74, 6) is 1.01. The molecule has 4 unspecified atom stereocenters. The predicted molar refractivity (Wildman–Crippen MR) is 74.9 cm³/mol. The first-order valence-electron chi connectivity index (χ1n) is 7.35. The Balaban J connectivity index is 2.84. The molecule has 18 heavy (non-hydrogen) atoms. The first-order chi connectivity index (χ1) is 8.65. The third-order valence-corrected chi connectivity index (χ3v) is 4.46. The summed E-state index contributed by atoms with van der Waals surface area (Å²) in [4.78, 5) is 11.9. The summed E-state index contributed by atoms with van der Waals surface area (Å²) in [6, 6.07) is 0. The highest BCUT2D eigenvalue weighted by Gasteiger charge is 2.37. The van der Waals surface area contributed by atoms with E-state index >= 15 is 0 Å². The molecule has 0 aromatic rings. The van der Waals surface area contributed by atoms with Gasteiger partial charge in [0.25, 0.3) is 0 Å². The quantitative estimate of drug-likeness (QED) is 0.637. The molecule has 4 heteroatoms. The zero-order valence-electron chi connectivity index (χ0n) is 11.8. The molecule has 0 aliphatic carbocycles. The lowest BCUT2D eigenvalue weighted by Crippen LogP contribution is -2.49. The predicted octanol–water partition coefficient (Wildman–Crippen LogP) is 1.10. The van der Waals surface area contributed by atoms with E-state index in [1.165, 1.54) is 0 Å². The molecule has 0 bridgehead atoms. The van der Waals surface area contributed by atoms with Crippen LogP contribution >= 0.6 is 0 Å². The first-order valence-corrected chi connectivity index (χ1v) is 7.35. The molecular formula is C14H29N3O. The lowest BCUT2D eigenvalue weighted by Gasteiger charge is -2.39. The Morgan fingerprint density at radius 1 is 1.44 bits per heavy atom. The van der Waals surface area contributed by atoms with E-state index < -0.39 is 0 Å². The van der Waals surface area contributed by atoms with E-state index in [0.29, 0.717) is 24.3 Å². The van der Waals surface area contributed by atoms with Crippen LogP contribution in [0.25, 0.3) is 0 Å². The van der Waals surface area contributed by atoms with Crippen LogP contribution in [0.15, 0.2) is 0 Å². The van der Waals surface area contributed by atoms with Crippen LogP contribution in [-0.4, -0.2) is 25.5 Å². The fourth-order valence-corrected chi connectivity index (χ4v) is 3.45. The average molecular weight is 255 g/mol. The monoisotopic (exact) mass is 255 g/mol. The molecule has 4 nitrogen and oxygen atoms in total. The highest BCUT2D eigenvalue weighted by molar-refractivity contribution is 5.77. The lowest BCUT2D eigenvalue weighted by atomic mass is 9.70. The molecule has 106 valence electrons. The summed E-state index contributed by atoms with van der Waals surface area (Å²) in [6.45, 7) is 6.88. The summed E-state index contributed by atoms with van der Waals surface area (Å²) >= 11 is 0. The Labute approximate surface area is 111 Å². The van der Waals surface area contributed by atoms with Gasteiger partial charge in [-0.3, -0.25) is 4.79 Å². The van der Waals surface area contributed by atoms with Crippen molar-refractivity contribution in [3.8, 4) is 0 Å². The molecule has 1 amide bonds. The normalized spacial score (nSPS) is 27.7. The summed E-state index contributed by atoms with van der Waals surface area (Å²) < 4.78 is 0. The molecule has 1 aliphatic rings. The molecule has 1 fully saturated rings. The van der Waals surface area contributed by atoms with Gasteiger partial charge in [-0.15, -0.1) is 0 Å². The first kappa shape index (κ1) is 15.4. The molecule has 4 atom stereocenters.